The minimum absolute atomic E-state index is 0.294. The van der Waals surface area contributed by atoms with Crippen LogP contribution in [-0.4, -0.2) is 30.0 Å². The summed E-state index contributed by atoms with van der Waals surface area (Å²) in [5, 5.41) is 18.8. The number of nitriles is 2. The van der Waals surface area contributed by atoms with E-state index in [1.54, 1.807) is 31.3 Å². The first-order chi connectivity index (χ1) is 12.8. The molecule has 2 aromatic heterocycles. The van der Waals surface area contributed by atoms with Crippen molar-refractivity contribution in [2.75, 3.05) is 19.0 Å². The lowest BCUT2D eigenvalue weighted by Gasteiger charge is -2.20. The topological polar surface area (TPSA) is 120 Å². The average Bonchev–Trinajstić information content (AvgIpc) is 2.65. The molecule has 2 rings (SSSR count). The van der Waals surface area contributed by atoms with Crippen molar-refractivity contribution < 1.29 is 4.79 Å². The van der Waals surface area contributed by atoms with Crippen molar-refractivity contribution in [1.29, 1.82) is 10.5 Å². The molecule has 0 aliphatic rings. The summed E-state index contributed by atoms with van der Waals surface area (Å²) in [6.07, 6.45) is 2.15. The van der Waals surface area contributed by atoms with Gasteiger partial charge in [-0.25, -0.2) is 4.98 Å². The Morgan fingerprint density at radius 2 is 1.96 bits per heavy atom. The quantitative estimate of drug-likeness (QED) is 0.764. The van der Waals surface area contributed by atoms with Crippen LogP contribution in [0.5, 0.6) is 0 Å². The van der Waals surface area contributed by atoms with E-state index in [2.05, 4.69) is 22.1 Å². The van der Waals surface area contributed by atoms with Crippen LogP contribution in [0, 0.1) is 29.6 Å². The first kappa shape index (κ1) is 20.2. The molecular formula is C19H20N6OS. The largest absolute Gasteiger partial charge is 0.368 e. The Bertz CT molecular complexity index is 941. The highest BCUT2D eigenvalue weighted by atomic mass is 32.2. The molecule has 0 fully saturated rings. The number of aryl methyl sites for hydroxylation is 1. The van der Waals surface area contributed by atoms with Gasteiger partial charge in [0.2, 0.25) is 5.91 Å². The van der Waals surface area contributed by atoms with Gasteiger partial charge >= 0.3 is 0 Å². The highest BCUT2D eigenvalue weighted by Gasteiger charge is 2.26. The molecular weight excluding hydrogens is 360 g/mol. The summed E-state index contributed by atoms with van der Waals surface area (Å²) in [4.78, 5) is 22.6. The zero-order chi connectivity index (χ0) is 20.1. The number of nitrogens with two attached hydrogens (primary N) is 1. The van der Waals surface area contributed by atoms with E-state index in [1.165, 1.54) is 0 Å². The Morgan fingerprint density at radius 1 is 1.30 bits per heavy atom. The molecule has 138 valence electrons. The van der Waals surface area contributed by atoms with Crippen molar-refractivity contribution in [2.45, 2.75) is 30.5 Å². The lowest BCUT2D eigenvalue weighted by Crippen LogP contribution is -2.21. The molecule has 0 saturated heterocycles. The van der Waals surface area contributed by atoms with Crippen LogP contribution in [0.25, 0.3) is 0 Å². The summed E-state index contributed by atoms with van der Waals surface area (Å²) in [5.74, 6) is -0.119. The van der Waals surface area contributed by atoms with E-state index in [0.717, 1.165) is 17.3 Å². The van der Waals surface area contributed by atoms with Crippen molar-refractivity contribution >= 4 is 23.5 Å². The number of amides is 1. The van der Waals surface area contributed by atoms with Crippen LogP contribution < -0.4 is 10.6 Å². The van der Waals surface area contributed by atoms with Crippen molar-refractivity contribution in [3.8, 4) is 12.1 Å². The number of carbonyl (C=O) groups is 1. The van der Waals surface area contributed by atoms with Crippen LogP contribution in [0.4, 0.5) is 5.82 Å². The monoisotopic (exact) mass is 380 g/mol. The normalized spacial score (nSPS) is 11.3. The number of aromatic nitrogens is 2. The molecule has 0 spiro atoms. The van der Waals surface area contributed by atoms with Crippen molar-refractivity contribution in [3.63, 3.8) is 0 Å². The standard InChI is InChI=1S/C19H20N6OS/c1-5-12-13(8-20)18(25(3)4)24-19(14(12)9-21)27-16(17(22)26)15-7-6-11(2)10-23-15/h6-7,10,16H,5H2,1-4H3,(H2,22,26). The Balaban J connectivity index is 2.64. The minimum Gasteiger partial charge on any atom is -0.368 e. The molecule has 0 aliphatic carbocycles. The van der Waals surface area contributed by atoms with E-state index in [9.17, 15) is 15.3 Å². The van der Waals surface area contributed by atoms with Crippen LogP contribution in [0.1, 0.15) is 40.1 Å². The number of hydrogen-bond donors (Lipinski definition) is 1. The fourth-order valence-electron chi connectivity index (χ4n) is 2.60. The Labute approximate surface area is 162 Å². The fraction of sp³-hybridized carbons (Fsp3) is 0.316. The summed E-state index contributed by atoms with van der Waals surface area (Å²) in [6, 6.07) is 7.86. The van der Waals surface area contributed by atoms with Gasteiger partial charge in [0.05, 0.1) is 16.8 Å². The van der Waals surface area contributed by atoms with Gasteiger partial charge in [-0.15, -0.1) is 0 Å². The number of carbonyl (C=O) groups excluding carboxylic acids is 1. The molecule has 2 aromatic rings. The lowest BCUT2D eigenvalue weighted by atomic mass is 10.0. The summed E-state index contributed by atoms with van der Waals surface area (Å²) >= 11 is 1.08. The SMILES string of the molecule is CCc1c(C#N)c(SC(C(N)=O)c2ccc(C)cn2)nc(N(C)C)c1C#N. The summed E-state index contributed by atoms with van der Waals surface area (Å²) in [7, 11) is 3.55. The van der Waals surface area contributed by atoms with Gasteiger partial charge in [-0.3, -0.25) is 9.78 Å². The number of nitrogens with zero attached hydrogens (tertiary/aromatic N) is 5. The number of anilines is 1. The second-order valence-electron chi connectivity index (χ2n) is 6.10. The molecule has 0 aliphatic heterocycles. The maximum absolute atomic E-state index is 12.1. The third kappa shape index (κ3) is 4.18. The van der Waals surface area contributed by atoms with E-state index >= 15 is 0 Å². The minimum atomic E-state index is -0.794. The third-order valence-corrected chi connectivity index (χ3v) is 5.17. The number of hydrogen-bond acceptors (Lipinski definition) is 7. The molecule has 0 aromatic carbocycles. The number of primary amides is 1. The highest BCUT2D eigenvalue weighted by molar-refractivity contribution is 8.00. The summed E-state index contributed by atoms with van der Waals surface area (Å²) in [6.45, 7) is 3.77. The van der Waals surface area contributed by atoms with E-state index in [4.69, 9.17) is 5.73 Å². The molecule has 27 heavy (non-hydrogen) atoms. The molecule has 1 amide bonds. The second-order valence-corrected chi connectivity index (χ2v) is 7.20. The van der Waals surface area contributed by atoms with Gasteiger partial charge in [-0.2, -0.15) is 10.5 Å². The maximum atomic E-state index is 12.1. The third-order valence-electron chi connectivity index (χ3n) is 3.94. The van der Waals surface area contributed by atoms with Crippen molar-refractivity contribution in [2.24, 2.45) is 5.73 Å². The first-order valence-electron chi connectivity index (χ1n) is 8.26. The van der Waals surface area contributed by atoms with Gasteiger partial charge < -0.3 is 10.6 Å². The van der Waals surface area contributed by atoms with Crippen LogP contribution in [0.15, 0.2) is 23.4 Å². The maximum Gasteiger partial charge on any atom is 0.237 e. The molecule has 0 bridgehead atoms. The first-order valence-corrected chi connectivity index (χ1v) is 9.14. The zero-order valence-electron chi connectivity index (χ0n) is 15.6. The predicted molar refractivity (Wildman–Crippen MR) is 104 cm³/mol. The lowest BCUT2D eigenvalue weighted by molar-refractivity contribution is -0.117. The predicted octanol–water partition coefficient (Wildman–Crippen LogP) is 2.48. The van der Waals surface area contributed by atoms with Crippen LogP contribution in [0.3, 0.4) is 0 Å². The molecule has 1 atom stereocenters. The number of rotatable bonds is 6. The Morgan fingerprint density at radius 3 is 2.41 bits per heavy atom. The molecule has 0 radical (unpaired) electrons. The van der Waals surface area contributed by atoms with Gasteiger partial charge in [0.25, 0.3) is 0 Å². The van der Waals surface area contributed by atoms with Gasteiger partial charge in [0.15, 0.2) is 0 Å². The fourth-order valence-corrected chi connectivity index (χ4v) is 3.63. The number of thioether (sulfide) groups is 1. The van der Waals surface area contributed by atoms with Crippen molar-refractivity contribution in [3.05, 3.63) is 46.3 Å². The molecule has 2 heterocycles. The summed E-state index contributed by atoms with van der Waals surface area (Å²) < 4.78 is 0. The van der Waals surface area contributed by atoms with Crippen LogP contribution >= 0.6 is 11.8 Å². The Kier molecular flexibility index (Phi) is 6.38. The molecule has 2 N–H and O–H groups in total. The van der Waals surface area contributed by atoms with Crippen LogP contribution in [-0.2, 0) is 11.2 Å². The van der Waals surface area contributed by atoms with E-state index in [1.807, 2.05) is 19.9 Å². The highest BCUT2D eigenvalue weighted by Crippen LogP contribution is 2.38. The van der Waals surface area contributed by atoms with Gasteiger partial charge in [-0.05, 0) is 30.5 Å². The summed E-state index contributed by atoms with van der Waals surface area (Å²) in [5.41, 5.74) is 8.33. The van der Waals surface area contributed by atoms with Crippen LogP contribution in [0.2, 0.25) is 0 Å². The molecule has 7 nitrogen and oxygen atoms in total. The van der Waals surface area contributed by atoms with E-state index in [-0.39, 0.29) is 0 Å². The Hall–Kier alpha value is -3.10. The second kappa shape index (κ2) is 8.52. The smallest absolute Gasteiger partial charge is 0.237 e. The average molecular weight is 380 g/mol. The van der Waals surface area contributed by atoms with Crippen molar-refractivity contribution in [1.82, 2.24) is 9.97 Å². The zero-order valence-corrected chi connectivity index (χ0v) is 16.5. The van der Waals surface area contributed by atoms with E-state index < -0.39 is 11.2 Å². The molecule has 1 unspecified atom stereocenters. The van der Waals surface area contributed by atoms with Gasteiger partial charge in [0.1, 0.15) is 28.2 Å². The van der Waals surface area contributed by atoms with Gasteiger partial charge in [-0.1, -0.05) is 24.8 Å². The molecule has 0 saturated carbocycles. The van der Waals surface area contributed by atoms with E-state index in [0.29, 0.717) is 39.6 Å². The number of pyridine rings is 2. The molecule has 8 heteroatoms. The van der Waals surface area contributed by atoms with Gasteiger partial charge in [0, 0.05) is 20.3 Å².